The number of ether oxygens (including phenoxy) is 16. The molecule has 30 heterocycles. The van der Waals surface area contributed by atoms with Crippen LogP contribution in [0, 0.1) is 0 Å². The fourth-order valence-electron chi connectivity index (χ4n) is 11.7. The molecule has 32 nitrogen and oxygen atoms in total. The fraction of sp³-hybridized carbons (Fsp3) is 1.00. The highest BCUT2D eigenvalue weighted by Crippen LogP contribution is 2.41. The van der Waals surface area contributed by atoms with Gasteiger partial charge in [-0.05, 0) is 0 Å². The molecule has 0 aromatic rings. The minimum absolute atomic E-state index is 0.130. The molecule has 40 heteroatoms. The van der Waals surface area contributed by atoms with Crippen LogP contribution in [-0.4, -0.2) is 370 Å². The maximum Gasteiger partial charge on any atom is 0.187 e. The van der Waals surface area contributed by atoms with E-state index in [4.69, 9.17) is 75.8 Å². The van der Waals surface area contributed by atoms with E-state index in [2.05, 4.69) is 127 Å². The SMILES string of the molecule is OC1C(O)[C@@H]2O[C@H]3OC(CBr)[C@@H](O[C@H]4OC(CBr)[C@@H](O[C@H]5OC(CBr)[C@@H](O[C@H]6OC(CBr)[C@@H](O[C@H]7OC(CBr)[C@@H](O[C@H]8OC(CBr)[C@@H](O[C@H]9OC(CBr)[C@@H](O[C@H]1OC2CBr)C(O)C9O)C(O)C8O)C(O)C7O)C(O)C6O)C(O)C5O)C(O)C4O)C(O)C3O. The van der Waals surface area contributed by atoms with Gasteiger partial charge in [-0.2, -0.15) is 0 Å². The molecule has 0 saturated carbocycles. The maximum atomic E-state index is 11.6. The normalized spacial score (nSPS) is 55.4. The molecule has 30 aliphatic rings. The second-order valence-corrected chi connectivity index (χ2v) is 27.4. The van der Waals surface area contributed by atoms with E-state index in [0.29, 0.717) is 0 Å². The number of rotatable bonds is 8. The van der Waals surface area contributed by atoms with Gasteiger partial charge >= 0.3 is 0 Å². The van der Waals surface area contributed by atoms with Crippen LogP contribution in [0.2, 0.25) is 0 Å². The van der Waals surface area contributed by atoms with Crippen LogP contribution in [0.5, 0.6) is 0 Å². The summed E-state index contributed by atoms with van der Waals surface area (Å²) in [5.41, 5.74) is 0. The monoisotopic (exact) mass is 1790 g/mol. The molecule has 0 amide bonds. The summed E-state index contributed by atoms with van der Waals surface area (Å²) < 4.78 is 96.6. The van der Waals surface area contributed by atoms with Gasteiger partial charge in [0.15, 0.2) is 50.3 Å². The lowest BCUT2D eigenvalue weighted by molar-refractivity contribution is -0.396. The van der Waals surface area contributed by atoms with Crippen LogP contribution in [0.4, 0.5) is 0 Å². The van der Waals surface area contributed by atoms with E-state index in [9.17, 15) is 81.7 Å². The second-order valence-electron chi connectivity index (χ2n) is 22.2. The standard InChI is InChI=1S/C48H72Br8O32/c49-1-9-33-17(57)25(65)41(73-9)82-34-10(2-50)75-43(27(67)19(34)59)84-36-12(4-52)77-45(29(69)21(36)61)86-38-14(6-54)79-47(31(71)23(38)63)88-40-16(8-56)80-48(32(72)24(40)64)87-39-15(7-55)78-46(30(70)22(39)62)85-37-13(5-53)76-44(28(68)20(37)60)83-35-11(3-51)74-42(81-33)26(66)18(35)58/h9-48,57-72H,1-8H2/t9?,10?,11?,12?,13?,14?,15?,16?,17?,18?,19?,20?,21?,22?,23?,24?,25?,26?,27?,28?,29?,30?,31?,32?,33-,34-,35-,36-,37-,38-,39-,40-,41-,42-,43-,44-,45-,46-,47-,48-/m1/s1. The van der Waals surface area contributed by atoms with Gasteiger partial charge in [0, 0.05) is 42.6 Å². The Morgan fingerprint density at radius 2 is 0.239 bits per heavy atom. The third kappa shape index (κ3) is 15.3. The van der Waals surface area contributed by atoms with Crippen molar-refractivity contribution in [2.24, 2.45) is 0 Å². The van der Waals surface area contributed by atoms with Crippen molar-refractivity contribution in [3.63, 3.8) is 0 Å². The lowest BCUT2D eigenvalue weighted by Gasteiger charge is -2.50. The summed E-state index contributed by atoms with van der Waals surface area (Å²) in [5.74, 6) is 0. The van der Waals surface area contributed by atoms with Crippen molar-refractivity contribution in [1.29, 1.82) is 0 Å². The highest BCUT2D eigenvalue weighted by Gasteiger charge is 2.60. The third-order valence-electron chi connectivity index (χ3n) is 16.7. The molecule has 0 aromatic heterocycles. The Morgan fingerprint density at radius 3 is 0.318 bits per heavy atom. The molecular weight excluding hydrogens is 1730 g/mol. The van der Waals surface area contributed by atoms with Crippen LogP contribution in [-0.2, 0) is 75.8 Å². The van der Waals surface area contributed by atoms with Gasteiger partial charge in [-0.15, -0.1) is 0 Å². The predicted molar refractivity (Wildman–Crippen MR) is 315 cm³/mol. The van der Waals surface area contributed by atoms with Crippen molar-refractivity contribution in [1.82, 2.24) is 0 Å². The van der Waals surface area contributed by atoms with Crippen molar-refractivity contribution >= 4 is 127 Å². The molecule has 16 bridgehead atoms. The molecule has 0 spiro atoms. The van der Waals surface area contributed by atoms with Gasteiger partial charge < -0.3 is 157 Å². The molecule has 0 aromatic carbocycles. The van der Waals surface area contributed by atoms with E-state index < -0.39 is 246 Å². The number of aliphatic hydroxyl groups excluding tert-OH is 16. The number of aliphatic hydroxyl groups is 16. The Balaban J connectivity index is 0.975. The Labute approximate surface area is 568 Å². The topological polar surface area (TPSA) is 471 Å². The van der Waals surface area contributed by atoms with Gasteiger partial charge in [0.1, 0.15) is 146 Å². The molecule has 88 heavy (non-hydrogen) atoms. The Morgan fingerprint density at radius 1 is 0.148 bits per heavy atom. The molecule has 512 valence electrons. The zero-order chi connectivity index (χ0) is 64.1. The zero-order valence-electron chi connectivity index (χ0n) is 45.5. The molecular formula is C48H72Br8O32. The van der Waals surface area contributed by atoms with Crippen LogP contribution in [0.1, 0.15) is 0 Å². The summed E-state index contributed by atoms with van der Waals surface area (Å²) in [4.78, 5) is 0. The van der Waals surface area contributed by atoms with E-state index >= 15 is 0 Å². The molecule has 30 fully saturated rings. The fourth-order valence-corrected chi connectivity index (χ4v) is 15.9. The molecule has 30 saturated heterocycles. The van der Waals surface area contributed by atoms with Crippen molar-refractivity contribution < 1.29 is 157 Å². The van der Waals surface area contributed by atoms with Crippen molar-refractivity contribution in [2.75, 3.05) is 42.6 Å². The van der Waals surface area contributed by atoms with E-state index in [1.807, 2.05) is 0 Å². The second kappa shape index (κ2) is 32.7. The first-order chi connectivity index (χ1) is 41.9. The quantitative estimate of drug-likeness (QED) is 0.101. The molecule has 30 rings (SSSR count). The van der Waals surface area contributed by atoms with Crippen LogP contribution < -0.4 is 0 Å². The highest BCUT2D eigenvalue weighted by molar-refractivity contribution is 9.10. The first-order valence-electron chi connectivity index (χ1n) is 27.7. The summed E-state index contributed by atoms with van der Waals surface area (Å²) in [7, 11) is 0. The molecule has 40 atom stereocenters. The van der Waals surface area contributed by atoms with Crippen LogP contribution in [0.15, 0.2) is 0 Å². The minimum Gasteiger partial charge on any atom is -0.387 e. The number of hydrogen-bond acceptors (Lipinski definition) is 32. The van der Waals surface area contributed by atoms with Gasteiger partial charge in [-0.25, -0.2) is 0 Å². The molecule has 16 N–H and O–H groups in total. The zero-order valence-corrected chi connectivity index (χ0v) is 58.1. The lowest BCUT2D eigenvalue weighted by atomic mass is 9.95. The number of halogens is 8. The Kier molecular flexibility index (Phi) is 27.8. The van der Waals surface area contributed by atoms with Crippen molar-refractivity contribution in [3.05, 3.63) is 0 Å². The first-order valence-corrected chi connectivity index (χ1v) is 36.7. The van der Waals surface area contributed by atoms with Crippen LogP contribution in [0.25, 0.3) is 0 Å². The Hall–Kier alpha value is 2.56. The van der Waals surface area contributed by atoms with E-state index in [1.165, 1.54) is 0 Å². The van der Waals surface area contributed by atoms with Crippen LogP contribution >= 0.6 is 127 Å². The molecule has 24 unspecified atom stereocenters. The van der Waals surface area contributed by atoms with E-state index in [-0.39, 0.29) is 42.6 Å². The number of alkyl halides is 8. The first kappa shape index (κ1) is 74.8. The predicted octanol–water partition coefficient (Wildman–Crippen LogP) is -6.19. The van der Waals surface area contributed by atoms with Crippen LogP contribution in [0.3, 0.4) is 0 Å². The summed E-state index contributed by atoms with van der Waals surface area (Å²) in [6, 6.07) is 0. The van der Waals surface area contributed by atoms with Crippen molar-refractivity contribution in [2.45, 2.75) is 246 Å². The van der Waals surface area contributed by atoms with Gasteiger partial charge in [0.25, 0.3) is 0 Å². The molecule has 30 aliphatic heterocycles. The molecule has 0 radical (unpaired) electrons. The van der Waals surface area contributed by atoms with E-state index in [0.717, 1.165) is 0 Å². The largest absolute Gasteiger partial charge is 0.387 e. The summed E-state index contributed by atoms with van der Waals surface area (Å²) in [6.07, 6.45) is -67.7. The smallest absolute Gasteiger partial charge is 0.187 e. The maximum absolute atomic E-state index is 11.6. The average Bonchev–Trinajstić information content (AvgIpc) is 1.33. The van der Waals surface area contributed by atoms with Gasteiger partial charge in [0.05, 0.1) is 48.8 Å². The summed E-state index contributed by atoms with van der Waals surface area (Å²) >= 11 is 26.4. The highest BCUT2D eigenvalue weighted by atomic mass is 79.9. The lowest BCUT2D eigenvalue weighted by Crippen LogP contribution is -2.68. The third-order valence-corrected chi connectivity index (χ3v) is 21.8. The minimum atomic E-state index is -1.99. The average molecular weight is 1800 g/mol. The van der Waals surface area contributed by atoms with E-state index in [1.54, 1.807) is 0 Å². The van der Waals surface area contributed by atoms with Gasteiger partial charge in [-0.1, -0.05) is 127 Å². The summed E-state index contributed by atoms with van der Waals surface area (Å²) in [5, 5.41) is 184. The van der Waals surface area contributed by atoms with Gasteiger partial charge in [-0.3, -0.25) is 0 Å². The number of hydrogen-bond donors (Lipinski definition) is 16. The van der Waals surface area contributed by atoms with Gasteiger partial charge in [0.2, 0.25) is 0 Å². The Bertz CT molecular complexity index is 1730. The summed E-state index contributed by atoms with van der Waals surface area (Å²) in [6.45, 7) is 0. The van der Waals surface area contributed by atoms with Crippen molar-refractivity contribution in [3.8, 4) is 0 Å². The molecule has 0 aliphatic carbocycles.